The van der Waals surface area contributed by atoms with Gasteiger partial charge in [0.05, 0.1) is 16.6 Å². The first kappa shape index (κ1) is 27.6. The number of halogens is 3. The number of benzene rings is 3. The Hall–Kier alpha value is -3.61. The van der Waals surface area contributed by atoms with Gasteiger partial charge in [0.25, 0.3) is 0 Å². The molecule has 0 atom stereocenters. The van der Waals surface area contributed by atoms with Gasteiger partial charge >= 0.3 is 6.18 Å². The highest BCUT2D eigenvalue weighted by molar-refractivity contribution is 5.85. The molecule has 41 heavy (non-hydrogen) atoms. The van der Waals surface area contributed by atoms with Crippen LogP contribution in [0, 0.1) is 0 Å². The number of hydrogen-bond donors (Lipinski definition) is 0. The predicted molar refractivity (Wildman–Crippen MR) is 156 cm³/mol. The fraction of sp³-hybridized carbons (Fsp3) is 0.412. The molecule has 3 aromatic carbocycles. The van der Waals surface area contributed by atoms with Crippen LogP contribution in [0.1, 0.15) is 69.8 Å². The van der Waals surface area contributed by atoms with E-state index in [0.29, 0.717) is 17.6 Å². The number of hydrogen-bond acceptors (Lipinski definition) is 2. The maximum atomic E-state index is 14.2. The van der Waals surface area contributed by atoms with Crippen LogP contribution in [0.15, 0.2) is 72.8 Å². The highest BCUT2D eigenvalue weighted by Crippen LogP contribution is 2.34. The van der Waals surface area contributed by atoms with Crippen molar-refractivity contribution in [2.45, 2.75) is 89.0 Å². The van der Waals surface area contributed by atoms with Crippen molar-refractivity contribution in [3.05, 3.63) is 78.4 Å². The number of alkyl halides is 3. The van der Waals surface area contributed by atoms with E-state index >= 15 is 0 Å². The summed E-state index contributed by atoms with van der Waals surface area (Å²) in [6, 6.07) is 21.5. The van der Waals surface area contributed by atoms with E-state index in [9.17, 15) is 18.0 Å². The number of amides is 1. The molecular weight excluding hydrogens is 523 g/mol. The molecule has 0 aliphatic heterocycles. The molecule has 4 aromatic rings. The van der Waals surface area contributed by atoms with Crippen LogP contribution in [0.4, 0.5) is 13.2 Å². The van der Waals surface area contributed by atoms with Crippen molar-refractivity contribution in [1.82, 2.24) is 14.5 Å². The number of rotatable bonds is 6. The lowest BCUT2D eigenvalue weighted by molar-refractivity contribution is -0.139. The molecule has 0 N–H and O–H groups in total. The van der Waals surface area contributed by atoms with Gasteiger partial charge in [-0.25, -0.2) is 4.98 Å². The van der Waals surface area contributed by atoms with E-state index in [-0.39, 0.29) is 12.5 Å². The molecule has 2 saturated carbocycles. The van der Waals surface area contributed by atoms with Crippen molar-refractivity contribution in [1.29, 1.82) is 0 Å². The van der Waals surface area contributed by atoms with Gasteiger partial charge in [0.2, 0.25) is 5.91 Å². The molecular formula is C34H36F3N3O. The van der Waals surface area contributed by atoms with Crippen molar-refractivity contribution in [2.24, 2.45) is 0 Å². The number of imidazole rings is 1. The fourth-order valence-electron chi connectivity index (χ4n) is 6.76. The van der Waals surface area contributed by atoms with Gasteiger partial charge in [-0.15, -0.1) is 0 Å². The van der Waals surface area contributed by atoms with Gasteiger partial charge in [-0.1, -0.05) is 87.1 Å². The number of carbonyl (C=O) groups excluding carboxylic acids is 1. The van der Waals surface area contributed by atoms with Crippen LogP contribution in [0.25, 0.3) is 33.5 Å². The average molecular weight is 560 g/mol. The minimum Gasteiger partial charge on any atom is -0.335 e. The molecule has 0 radical (unpaired) electrons. The van der Waals surface area contributed by atoms with Crippen LogP contribution < -0.4 is 0 Å². The number of fused-ring (bicyclic) bond motifs is 1. The highest BCUT2D eigenvalue weighted by atomic mass is 19.4. The van der Waals surface area contributed by atoms with E-state index in [0.717, 1.165) is 65.8 Å². The third-order valence-corrected chi connectivity index (χ3v) is 8.86. The van der Waals surface area contributed by atoms with E-state index < -0.39 is 11.7 Å². The molecule has 2 aliphatic carbocycles. The minimum absolute atomic E-state index is 0.176. The zero-order valence-electron chi connectivity index (χ0n) is 23.2. The van der Waals surface area contributed by atoms with Crippen molar-refractivity contribution in [3.63, 3.8) is 0 Å². The first-order chi connectivity index (χ1) is 19.9. The Morgan fingerprint density at radius 1 is 0.732 bits per heavy atom. The Balaban J connectivity index is 1.31. The van der Waals surface area contributed by atoms with Crippen molar-refractivity contribution in [2.75, 3.05) is 0 Å². The Bertz CT molecular complexity index is 1460. The Labute approximate surface area is 239 Å². The summed E-state index contributed by atoms with van der Waals surface area (Å²) in [6.45, 7) is 0.240. The molecule has 0 bridgehead atoms. The average Bonchev–Trinajstić information content (AvgIpc) is 3.36. The summed E-state index contributed by atoms with van der Waals surface area (Å²) in [6.07, 6.45) is 7.24. The molecule has 4 nitrogen and oxygen atoms in total. The van der Waals surface area contributed by atoms with E-state index in [1.54, 1.807) is 0 Å². The molecule has 0 spiro atoms. The standard InChI is InChI=1S/C34H36F3N3O/c35-34(36,37)27-21-19-25(20-22-27)24-15-17-26(18-16-24)33-38-30-13-7-8-14-31(30)39(33)23-32(41)40(28-9-3-1-4-10-28)29-11-5-2-6-12-29/h7-8,13-22,28-29H,1-6,9-12,23H2. The molecule has 1 heterocycles. The van der Waals surface area contributed by atoms with Crippen LogP contribution in [-0.2, 0) is 17.5 Å². The summed E-state index contributed by atoms with van der Waals surface area (Å²) in [5, 5.41) is 0. The second-order valence-electron chi connectivity index (χ2n) is 11.5. The number of nitrogens with zero attached hydrogens (tertiary/aromatic N) is 3. The quantitative estimate of drug-likeness (QED) is 0.237. The van der Waals surface area contributed by atoms with E-state index in [1.807, 2.05) is 53.1 Å². The van der Waals surface area contributed by atoms with Gasteiger partial charge in [-0.3, -0.25) is 4.79 Å². The third kappa shape index (κ3) is 5.90. The smallest absolute Gasteiger partial charge is 0.335 e. The predicted octanol–water partition coefficient (Wildman–Crippen LogP) is 8.88. The Kier molecular flexibility index (Phi) is 7.87. The normalized spacial score (nSPS) is 17.1. The monoisotopic (exact) mass is 559 g/mol. The Morgan fingerprint density at radius 3 is 1.80 bits per heavy atom. The summed E-state index contributed by atoms with van der Waals surface area (Å²) in [4.78, 5) is 21.4. The topological polar surface area (TPSA) is 38.1 Å². The van der Waals surface area contributed by atoms with E-state index in [1.165, 1.54) is 50.7 Å². The molecule has 0 saturated heterocycles. The van der Waals surface area contributed by atoms with Crippen LogP contribution >= 0.6 is 0 Å². The second kappa shape index (κ2) is 11.7. The molecule has 214 valence electrons. The first-order valence-corrected chi connectivity index (χ1v) is 14.9. The fourth-order valence-corrected chi connectivity index (χ4v) is 6.76. The molecule has 0 unspecified atom stereocenters. The van der Waals surface area contributed by atoms with Gasteiger partial charge in [0.1, 0.15) is 12.4 Å². The molecule has 1 amide bonds. The summed E-state index contributed by atoms with van der Waals surface area (Å²) in [5.41, 5.74) is 3.50. The van der Waals surface area contributed by atoms with E-state index in [2.05, 4.69) is 4.90 Å². The van der Waals surface area contributed by atoms with Gasteiger partial charge in [0, 0.05) is 17.6 Å². The van der Waals surface area contributed by atoms with Gasteiger partial charge in [-0.2, -0.15) is 13.2 Å². The zero-order chi connectivity index (χ0) is 28.4. The number of para-hydroxylation sites is 2. The van der Waals surface area contributed by atoms with Crippen LogP contribution in [0.2, 0.25) is 0 Å². The third-order valence-electron chi connectivity index (χ3n) is 8.86. The lowest BCUT2D eigenvalue weighted by Crippen LogP contribution is -2.50. The van der Waals surface area contributed by atoms with Crippen molar-refractivity contribution in [3.8, 4) is 22.5 Å². The zero-order valence-corrected chi connectivity index (χ0v) is 23.2. The van der Waals surface area contributed by atoms with Gasteiger partial charge < -0.3 is 9.47 Å². The maximum Gasteiger partial charge on any atom is 0.416 e. The van der Waals surface area contributed by atoms with Crippen molar-refractivity contribution < 1.29 is 18.0 Å². The van der Waals surface area contributed by atoms with Crippen LogP contribution in [0.5, 0.6) is 0 Å². The van der Waals surface area contributed by atoms with Crippen LogP contribution in [0.3, 0.4) is 0 Å². The number of aromatic nitrogens is 2. The van der Waals surface area contributed by atoms with Crippen LogP contribution in [-0.4, -0.2) is 32.4 Å². The summed E-state index contributed by atoms with van der Waals surface area (Å²) >= 11 is 0. The van der Waals surface area contributed by atoms with Crippen molar-refractivity contribution >= 4 is 16.9 Å². The molecule has 7 heteroatoms. The molecule has 1 aromatic heterocycles. The van der Waals surface area contributed by atoms with Gasteiger partial charge in [0.15, 0.2) is 0 Å². The highest BCUT2D eigenvalue weighted by Gasteiger charge is 2.33. The molecule has 2 aliphatic rings. The summed E-state index contributed by atoms with van der Waals surface area (Å²) in [5.74, 6) is 0.903. The largest absolute Gasteiger partial charge is 0.416 e. The Morgan fingerprint density at radius 2 is 1.24 bits per heavy atom. The first-order valence-electron chi connectivity index (χ1n) is 14.9. The van der Waals surface area contributed by atoms with E-state index in [4.69, 9.17) is 4.98 Å². The maximum absolute atomic E-state index is 14.2. The summed E-state index contributed by atoms with van der Waals surface area (Å²) < 4.78 is 41.1. The second-order valence-corrected chi connectivity index (χ2v) is 11.5. The SMILES string of the molecule is O=C(Cn1c(-c2ccc(-c3ccc(C(F)(F)F)cc3)cc2)nc2ccccc21)N(C1CCCCC1)C1CCCCC1. The lowest BCUT2D eigenvalue weighted by Gasteiger charge is -2.42. The van der Waals surface area contributed by atoms with Gasteiger partial charge in [-0.05, 0) is 61.1 Å². The molecule has 2 fully saturated rings. The molecule has 6 rings (SSSR count). The minimum atomic E-state index is -4.36. The lowest BCUT2D eigenvalue weighted by atomic mass is 9.88. The number of carbonyl (C=O) groups is 1. The summed E-state index contributed by atoms with van der Waals surface area (Å²) in [7, 11) is 0.